The number of aliphatic hydroxyl groups is 1. The van der Waals surface area contributed by atoms with Gasteiger partial charge in [0.15, 0.2) is 6.10 Å². The molecule has 0 saturated carbocycles. The Morgan fingerprint density at radius 1 is 1.40 bits per heavy atom. The minimum absolute atomic E-state index is 0.129. The molecule has 2 N–H and O–H groups in total. The molecule has 1 aromatic rings. The highest BCUT2D eigenvalue weighted by atomic mass is 79.9. The summed E-state index contributed by atoms with van der Waals surface area (Å²) in [6, 6.07) is 5.52. The van der Waals surface area contributed by atoms with E-state index < -0.39 is 6.10 Å². The molecule has 0 saturated heterocycles. The van der Waals surface area contributed by atoms with Crippen molar-refractivity contribution in [1.82, 2.24) is 5.32 Å². The van der Waals surface area contributed by atoms with Crippen LogP contribution in [0.1, 0.15) is 39.2 Å². The maximum atomic E-state index is 12.0. The first-order valence-electron chi connectivity index (χ1n) is 6.88. The zero-order valence-electron chi connectivity index (χ0n) is 12.1. The summed E-state index contributed by atoms with van der Waals surface area (Å²) < 4.78 is 6.51. The molecule has 0 aliphatic carbocycles. The normalized spacial score (nSPS) is 12.3. The van der Waals surface area contributed by atoms with Crippen LogP contribution in [-0.4, -0.2) is 23.2 Å². The van der Waals surface area contributed by atoms with E-state index in [1.54, 1.807) is 19.1 Å². The summed E-state index contributed by atoms with van der Waals surface area (Å²) in [5.74, 6) is 0.397. The molecule has 1 atom stereocenters. The Morgan fingerprint density at radius 3 is 2.60 bits per heavy atom. The van der Waals surface area contributed by atoms with Gasteiger partial charge < -0.3 is 15.2 Å². The number of nitrogens with one attached hydrogen (secondary N) is 1. The Morgan fingerprint density at radius 2 is 2.05 bits per heavy atom. The molecule has 0 fully saturated rings. The van der Waals surface area contributed by atoms with Crippen LogP contribution in [0.15, 0.2) is 22.7 Å². The third-order valence-corrected chi connectivity index (χ3v) is 3.69. The van der Waals surface area contributed by atoms with Crippen LogP contribution >= 0.6 is 15.9 Å². The highest BCUT2D eigenvalue weighted by Gasteiger charge is 2.18. The molecule has 20 heavy (non-hydrogen) atoms. The van der Waals surface area contributed by atoms with Gasteiger partial charge in [0, 0.05) is 16.1 Å². The van der Waals surface area contributed by atoms with Gasteiger partial charge in [-0.05, 0) is 38.0 Å². The van der Waals surface area contributed by atoms with E-state index in [0.29, 0.717) is 11.3 Å². The molecule has 0 radical (unpaired) electrons. The SMILES string of the molecule is CCC(CC)NC(=O)C(C)Oc1ccc(Br)cc1CO. The van der Waals surface area contributed by atoms with Crippen molar-refractivity contribution in [3.63, 3.8) is 0 Å². The summed E-state index contributed by atoms with van der Waals surface area (Å²) in [5, 5.41) is 12.3. The van der Waals surface area contributed by atoms with Crippen molar-refractivity contribution in [3.05, 3.63) is 28.2 Å². The predicted octanol–water partition coefficient (Wildman–Crippen LogP) is 3.01. The average Bonchev–Trinajstić information content (AvgIpc) is 2.45. The number of halogens is 1. The van der Waals surface area contributed by atoms with Crippen LogP contribution in [-0.2, 0) is 11.4 Å². The summed E-state index contributed by atoms with van der Waals surface area (Å²) in [6.45, 7) is 5.66. The number of hydrogen-bond donors (Lipinski definition) is 2. The molecule has 112 valence electrons. The van der Waals surface area contributed by atoms with Gasteiger partial charge >= 0.3 is 0 Å². The second-order valence-electron chi connectivity index (χ2n) is 4.69. The van der Waals surface area contributed by atoms with Crippen LogP contribution in [0.4, 0.5) is 0 Å². The zero-order chi connectivity index (χ0) is 15.1. The molecule has 0 aliphatic heterocycles. The van der Waals surface area contributed by atoms with Crippen molar-refractivity contribution >= 4 is 21.8 Å². The van der Waals surface area contributed by atoms with E-state index in [1.165, 1.54) is 0 Å². The Kier molecular flexibility index (Phi) is 7.02. The molecule has 0 heterocycles. The lowest BCUT2D eigenvalue weighted by Crippen LogP contribution is -2.42. The fourth-order valence-corrected chi connectivity index (χ4v) is 2.25. The monoisotopic (exact) mass is 343 g/mol. The van der Waals surface area contributed by atoms with E-state index >= 15 is 0 Å². The molecule has 1 rings (SSSR count). The first-order chi connectivity index (χ1) is 9.51. The molecular formula is C15H22BrNO3. The van der Waals surface area contributed by atoms with Gasteiger partial charge in [-0.25, -0.2) is 0 Å². The molecule has 5 heteroatoms. The topological polar surface area (TPSA) is 58.6 Å². The van der Waals surface area contributed by atoms with E-state index in [0.717, 1.165) is 17.3 Å². The molecule has 0 bridgehead atoms. The van der Waals surface area contributed by atoms with Gasteiger partial charge in [0.05, 0.1) is 6.61 Å². The quantitative estimate of drug-likeness (QED) is 0.799. The second kappa shape index (κ2) is 8.27. The fraction of sp³-hybridized carbons (Fsp3) is 0.533. The van der Waals surface area contributed by atoms with Crippen molar-refractivity contribution in [2.45, 2.75) is 52.4 Å². The third-order valence-electron chi connectivity index (χ3n) is 3.20. The fourth-order valence-electron chi connectivity index (χ4n) is 1.84. The van der Waals surface area contributed by atoms with E-state index in [1.807, 2.05) is 19.9 Å². The highest BCUT2D eigenvalue weighted by Crippen LogP contribution is 2.24. The lowest BCUT2D eigenvalue weighted by atomic mass is 10.1. The van der Waals surface area contributed by atoms with Crippen molar-refractivity contribution < 1.29 is 14.6 Å². The Bertz CT molecular complexity index is 447. The number of ether oxygens (including phenoxy) is 1. The summed E-state index contributed by atoms with van der Waals surface area (Å²) in [4.78, 5) is 12.0. The predicted molar refractivity (Wildman–Crippen MR) is 82.7 cm³/mol. The first-order valence-corrected chi connectivity index (χ1v) is 7.67. The highest BCUT2D eigenvalue weighted by molar-refractivity contribution is 9.10. The summed E-state index contributed by atoms with van der Waals surface area (Å²) in [6.07, 6.45) is 1.20. The first kappa shape index (κ1) is 17.0. The second-order valence-corrected chi connectivity index (χ2v) is 5.61. The number of carbonyl (C=O) groups is 1. The number of rotatable bonds is 7. The molecule has 4 nitrogen and oxygen atoms in total. The maximum absolute atomic E-state index is 12.0. The molecule has 1 aromatic carbocycles. The average molecular weight is 344 g/mol. The molecule has 0 spiro atoms. The van der Waals surface area contributed by atoms with Crippen LogP contribution in [0.3, 0.4) is 0 Å². The lowest BCUT2D eigenvalue weighted by Gasteiger charge is -2.20. The minimum Gasteiger partial charge on any atom is -0.481 e. The van der Waals surface area contributed by atoms with Crippen LogP contribution in [0, 0.1) is 0 Å². The van der Waals surface area contributed by atoms with Gasteiger partial charge in [-0.1, -0.05) is 29.8 Å². The van der Waals surface area contributed by atoms with Crippen LogP contribution in [0.5, 0.6) is 5.75 Å². The molecular weight excluding hydrogens is 322 g/mol. The Hall–Kier alpha value is -1.07. The van der Waals surface area contributed by atoms with Gasteiger partial charge in [0.2, 0.25) is 0 Å². The molecule has 1 unspecified atom stereocenters. The standard InChI is InChI=1S/C15H22BrNO3/c1-4-13(5-2)17-15(19)10(3)20-14-7-6-12(16)8-11(14)9-18/h6-8,10,13,18H,4-5,9H2,1-3H3,(H,17,19). The molecule has 0 aromatic heterocycles. The van der Waals surface area contributed by atoms with E-state index in [4.69, 9.17) is 4.74 Å². The van der Waals surface area contributed by atoms with Crippen molar-refractivity contribution in [2.24, 2.45) is 0 Å². The van der Waals surface area contributed by atoms with Gasteiger partial charge in [0.25, 0.3) is 5.91 Å². The van der Waals surface area contributed by atoms with E-state index in [-0.39, 0.29) is 18.6 Å². The summed E-state index contributed by atoms with van der Waals surface area (Å²) in [7, 11) is 0. The Labute approximate surface area is 128 Å². The third kappa shape index (κ3) is 4.80. The van der Waals surface area contributed by atoms with Crippen molar-refractivity contribution in [3.8, 4) is 5.75 Å². The largest absolute Gasteiger partial charge is 0.481 e. The number of hydrogen-bond acceptors (Lipinski definition) is 3. The zero-order valence-corrected chi connectivity index (χ0v) is 13.7. The number of carbonyl (C=O) groups excluding carboxylic acids is 1. The molecule has 1 amide bonds. The maximum Gasteiger partial charge on any atom is 0.260 e. The summed E-state index contributed by atoms with van der Waals surface area (Å²) >= 11 is 3.34. The summed E-state index contributed by atoms with van der Waals surface area (Å²) in [5.41, 5.74) is 0.654. The number of benzene rings is 1. The minimum atomic E-state index is -0.595. The number of amides is 1. The lowest BCUT2D eigenvalue weighted by molar-refractivity contribution is -0.128. The smallest absolute Gasteiger partial charge is 0.260 e. The van der Waals surface area contributed by atoms with Gasteiger partial charge in [0.1, 0.15) is 5.75 Å². The number of aliphatic hydroxyl groups excluding tert-OH is 1. The van der Waals surface area contributed by atoms with E-state index in [9.17, 15) is 9.90 Å². The Balaban J connectivity index is 2.70. The van der Waals surface area contributed by atoms with Crippen molar-refractivity contribution in [1.29, 1.82) is 0 Å². The van der Waals surface area contributed by atoms with Crippen molar-refractivity contribution in [2.75, 3.05) is 0 Å². The van der Waals surface area contributed by atoms with Crippen LogP contribution in [0.2, 0.25) is 0 Å². The molecule has 0 aliphatic rings. The van der Waals surface area contributed by atoms with Crippen LogP contribution in [0.25, 0.3) is 0 Å². The van der Waals surface area contributed by atoms with Gasteiger partial charge in [-0.3, -0.25) is 4.79 Å². The van der Waals surface area contributed by atoms with E-state index in [2.05, 4.69) is 21.2 Å². The van der Waals surface area contributed by atoms with Gasteiger partial charge in [-0.2, -0.15) is 0 Å². The van der Waals surface area contributed by atoms with Crippen LogP contribution < -0.4 is 10.1 Å². The van der Waals surface area contributed by atoms with Gasteiger partial charge in [-0.15, -0.1) is 0 Å².